The van der Waals surface area contributed by atoms with Gasteiger partial charge in [0.25, 0.3) is 0 Å². The van der Waals surface area contributed by atoms with Gasteiger partial charge >= 0.3 is 0 Å². The number of rotatable bonds is 3. The van der Waals surface area contributed by atoms with Crippen LogP contribution >= 0.6 is 11.3 Å². The average Bonchev–Trinajstić information content (AvgIpc) is 2.74. The van der Waals surface area contributed by atoms with Crippen LogP contribution in [0.25, 0.3) is 5.13 Å². The quantitative estimate of drug-likeness (QED) is 0.780. The molecule has 0 saturated carbocycles. The summed E-state index contributed by atoms with van der Waals surface area (Å²) >= 11 is 1.48. The van der Waals surface area contributed by atoms with Crippen LogP contribution in [-0.4, -0.2) is 26.3 Å². The molecule has 0 aliphatic carbocycles. The summed E-state index contributed by atoms with van der Waals surface area (Å²) in [4.78, 5) is 8.17. The maximum absolute atomic E-state index is 5.51. The number of nitrogens with one attached hydrogen (secondary N) is 1. The van der Waals surface area contributed by atoms with E-state index < -0.39 is 0 Å². The Bertz CT molecular complexity index is 406. The van der Waals surface area contributed by atoms with Crippen LogP contribution in [0.2, 0.25) is 0 Å². The van der Waals surface area contributed by atoms with Gasteiger partial charge in [0.05, 0.1) is 0 Å². The number of anilines is 2. The van der Waals surface area contributed by atoms with E-state index in [0.717, 1.165) is 11.7 Å². The molecule has 7 heteroatoms. The molecule has 2 aromatic heterocycles. The lowest BCUT2D eigenvalue weighted by Gasteiger charge is -2.01. The van der Waals surface area contributed by atoms with Gasteiger partial charge in [0.1, 0.15) is 0 Å². The van der Waals surface area contributed by atoms with Gasteiger partial charge in [-0.3, -0.25) is 0 Å². The highest BCUT2D eigenvalue weighted by molar-refractivity contribution is 7.12. The molecule has 14 heavy (non-hydrogen) atoms. The highest BCUT2D eigenvalue weighted by atomic mass is 32.1. The Kier molecular flexibility index (Phi) is 2.32. The molecule has 6 nitrogen and oxygen atoms in total. The Morgan fingerprint density at radius 3 is 3.14 bits per heavy atom. The minimum atomic E-state index is 0.246. The Morgan fingerprint density at radius 2 is 2.50 bits per heavy atom. The molecule has 0 saturated heterocycles. The lowest BCUT2D eigenvalue weighted by atomic mass is 10.7. The fourth-order valence-electron chi connectivity index (χ4n) is 1.05. The molecule has 3 N–H and O–H groups in total. The van der Waals surface area contributed by atoms with Crippen LogP contribution in [0.15, 0.2) is 11.6 Å². The smallest absolute Gasteiger partial charge is 0.241 e. The molecule has 0 aliphatic rings. The SMILES string of the molecule is CCNc1nc(N)nn1-c1nccs1. The van der Waals surface area contributed by atoms with Crippen LogP contribution in [0.1, 0.15) is 6.92 Å². The Labute approximate surface area is 84.8 Å². The molecule has 0 radical (unpaired) electrons. The van der Waals surface area contributed by atoms with Crippen LogP contribution in [0, 0.1) is 0 Å². The van der Waals surface area contributed by atoms with Crippen LogP contribution in [-0.2, 0) is 0 Å². The molecule has 2 rings (SSSR count). The van der Waals surface area contributed by atoms with Crippen LogP contribution in [0.4, 0.5) is 11.9 Å². The van der Waals surface area contributed by atoms with E-state index in [-0.39, 0.29) is 5.95 Å². The lowest BCUT2D eigenvalue weighted by Crippen LogP contribution is -2.06. The van der Waals surface area contributed by atoms with Crippen molar-refractivity contribution in [2.45, 2.75) is 6.92 Å². The summed E-state index contributed by atoms with van der Waals surface area (Å²) in [5.74, 6) is 0.871. The van der Waals surface area contributed by atoms with Crippen LogP contribution < -0.4 is 11.1 Å². The summed E-state index contributed by atoms with van der Waals surface area (Å²) in [5.41, 5.74) is 5.51. The number of hydrogen-bond donors (Lipinski definition) is 2. The normalized spacial score (nSPS) is 10.4. The van der Waals surface area contributed by atoms with E-state index in [2.05, 4.69) is 20.4 Å². The van der Waals surface area contributed by atoms with Crippen molar-refractivity contribution in [3.05, 3.63) is 11.6 Å². The summed E-state index contributed by atoms with van der Waals surface area (Å²) in [5, 5.41) is 9.73. The topological polar surface area (TPSA) is 81.6 Å². The Hall–Kier alpha value is -1.63. The highest BCUT2D eigenvalue weighted by Gasteiger charge is 2.10. The zero-order valence-electron chi connectivity index (χ0n) is 7.64. The molecule has 0 aromatic carbocycles. The van der Waals surface area contributed by atoms with Crippen molar-refractivity contribution in [1.82, 2.24) is 19.7 Å². The van der Waals surface area contributed by atoms with Gasteiger partial charge in [0, 0.05) is 18.1 Å². The fourth-order valence-corrected chi connectivity index (χ4v) is 1.65. The molecule has 74 valence electrons. The fraction of sp³-hybridized carbons (Fsp3) is 0.286. The van der Waals surface area contributed by atoms with Crippen molar-refractivity contribution in [3.8, 4) is 5.13 Å². The van der Waals surface area contributed by atoms with Crippen molar-refractivity contribution in [2.24, 2.45) is 0 Å². The Morgan fingerprint density at radius 1 is 1.64 bits per heavy atom. The van der Waals surface area contributed by atoms with Gasteiger partial charge in [-0.25, -0.2) is 4.98 Å². The van der Waals surface area contributed by atoms with Crippen molar-refractivity contribution in [1.29, 1.82) is 0 Å². The van der Waals surface area contributed by atoms with Crippen molar-refractivity contribution in [3.63, 3.8) is 0 Å². The minimum absolute atomic E-state index is 0.246. The van der Waals surface area contributed by atoms with Gasteiger partial charge in [0.2, 0.25) is 17.0 Å². The predicted molar refractivity (Wildman–Crippen MR) is 55.6 cm³/mol. The predicted octanol–water partition coefficient (Wildman–Crippen LogP) is 0.738. The first-order valence-electron chi connectivity index (χ1n) is 4.17. The van der Waals surface area contributed by atoms with Gasteiger partial charge in [-0.15, -0.1) is 16.4 Å². The first-order chi connectivity index (χ1) is 6.81. The summed E-state index contributed by atoms with van der Waals surface area (Å²) in [6.45, 7) is 2.75. The third-order valence-corrected chi connectivity index (χ3v) is 2.31. The van der Waals surface area contributed by atoms with Crippen molar-refractivity contribution < 1.29 is 0 Å². The van der Waals surface area contributed by atoms with E-state index >= 15 is 0 Å². The van der Waals surface area contributed by atoms with E-state index in [1.807, 2.05) is 12.3 Å². The van der Waals surface area contributed by atoms with E-state index in [0.29, 0.717) is 5.95 Å². The molecular weight excluding hydrogens is 200 g/mol. The standard InChI is InChI=1S/C7H10N6S/c1-2-9-6-11-5(8)12-13(6)7-10-3-4-14-7/h3-4H,2H2,1H3,(H3,8,9,11,12). The van der Waals surface area contributed by atoms with Gasteiger partial charge in [-0.05, 0) is 6.92 Å². The highest BCUT2D eigenvalue weighted by Crippen LogP contribution is 2.16. The third-order valence-electron chi connectivity index (χ3n) is 1.56. The van der Waals surface area contributed by atoms with Crippen molar-refractivity contribution >= 4 is 23.2 Å². The number of nitrogen functional groups attached to an aromatic ring is 1. The summed E-state index contributed by atoms with van der Waals surface area (Å²) < 4.78 is 1.60. The van der Waals surface area contributed by atoms with Crippen molar-refractivity contribution in [2.75, 3.05) is 17.6 Å². The third kappa shape index (κ3) is 1.53. The van der Waals surface area contributed by atoms with E-state index in [1.165, 1.54) is 11.3 Å². The number of nitrogens with two attached hydrogens (primary N) is 1. The monoisotopic (exact) mass is 210 g/mol. The average molecular weight is 210 g/mol. The molecule has 0 bridgehead atoms. The largest absolute Gasteiger partial charge is 0.366 e. The zero-order valence-corrected chi connectivity index (χ0v) is 8.45. The van der Waals surface area contributed by atoms with Crippen LogP contribution in [0.3, 0.4) is 0 Å². The van der Waals surface area contributed by atoms with Gasteiger partial charge in [-0.2, -0.15) is 9.67 Å². The summed E-state index contributed by atoms with van der Waals surface area (Å²) in [6, 6.07) is 0. The number of aromatic nitrogens is 4. The van der Waals surface area contributed by atoms with Crippen LogP contribution in [0.5, 0.6) is 0 Å². The van der Waals surface area contributed by atoms with E-state index in [1.54, 1.807) is 10.9 Å². The zero-order chi connectivity index (χ0) is 9.97. The molecule has 2 aromatic rings. The molecule has 0 aliphatic heterocycles. The van der Waals surface area contributed by atoms with Gasteiger partial charge in [-0.1, -0.05) is 0 Å². The second-order valence-corrected chi connectivity index (χ2v) is 3.42. The molecule has 0 amide bonds. The maximum Gasteiger partial charge on any atom is 0.241 e. The molecule has 0 atom stereocenters. The second kappa shape index (κ2) is 3.62. The maximum atomic E-state index is 5.51. The lowest BCUT2D eigenvalue weighted by molar-refractivity contribution is 0.870. The summed E-state index contributed by atoms with van der Waals surface area (Å²) in [6.07, 6.45) is 1.72. The molecule has 2 heterocycles. The number of thiazole rings is 1. The number of nitrogens with zero attached hydrogens (tertiary/aromatic N) is 4. The molecule has 0 fully saturated rings. The van der Waals surface area contributed by atoms with E-state index in [9.17, 15) is 0 Å². The first kappa shape index (κ1) is 8.95. The molecule has 0 unspecified atom stereocenters. The van der Waals surface area contributed by atoms with Gasteiger partial charge in [0.15, 0.2) is 0 Å². The van der Waals surface area contributed by atoms with Gasteiger partial charge < -0.3 is 11.1 Å². The first-order valence-corrected chi connectivity index (χ1v) is 5.05. The number of hydrogen-bond acceptors (Lipinski definition) is 6. The Balaban J connectivity index is 2.41. The van der Waals surface area contributed by atoms with E-state index in [4.69, 9.17) is 5.73 Å². The molecular formula is C7H10N6S. The summed E-state index contributed by atoms with van der Waals surface area (Å²) in [7, 11) is 0. The molecule has 0 spiro atoms. The minimum Gasteiger partial charge on any atom is -0.366 e. The second-order valence-electron chi connectivity index (χ2n) is 2.55.